The standard InChI is InChI=1S/C15H16FIN2O/c1-20-11-4-2-10(3-5-11)6-7-19-15-8-12(16)13(17)9-14(15)18/h2-5,8-9,19H,6-7,18H2,1H3. The largest absolute Gasteiger partial charge is 0.497 e. The second kappa shape index (κ2) is 6.78. The lowest BCUT2D eigenvalue weighted by atomic mass is 10.1. The Morgan fingerprint density at radius 1 is 1.25 bits per heavy atom. The summed E-state index contributed by atoms with van der Waals surface area (Å²) in [7, 11) is 1.64. The Balaban J connectivity index is 1.94. The lowest BCUT2D eigenvalue weighted by molar-refractivity contribution is 0.414. The molecule has 0 aliphatic heterocycles. The van der Waals surface area contributed by atoms with Crippen molar-refractivity contribution < 1.29 is 9.13 Å². The third-order valence-corrected chi connectivity index (χ3v) is 3.81. The molecule has 0 atom stereocenters. The quantitative estimate of drug-likeness (QED) is 0.609. The Labute approximate surface area is 131 Å². The molecule has 3 N–H and O–H groups in total. The van der Waals surface area contributed by atoms with Crippen LogP contribution in [-0.4, -0.2) is 13.7 Å². The Bertz CT molecular complexity index is 587. The van der Waals surface area contributed by atoms with Crippen LogP contribution in [0.5, 0.6) is 5.75 Å². The topological polar surface area (TPSA) is 47.3 Å². The van der Waals surface area contributed by atoms with Crippen molar-refractivity contribution in [2.45, 2.75) is 6.42 Å². The Kier molecular flexibility index (Phi) is 5.05. The minimum Gasteiger partial charge on any atom is -0.497 e. The third-order valence-electron chi connectivity index (χ3n) is 2.98. The summed E-state index contributed by atoms with van der Waals surface area (Å²) in [4.78, 5) is 0. The third kappa shape index (κ3) is 3.75. The maximum Gasteiger partial charge on any atom is 0.138 e. The highest BCUT2D eigenvalue weighted by Gasteiger charge is 2.05. The molecule has 2 aromatic carbocycles. The second-order valence-electron chi connectivity index (χ2n) is 4.38. The van der Waals surface area contributed by atoms with E-state index in [1.165, 1.54) is 11.6 Å². The van der Waals surface area contributed by atoms with E-state index in [1.807, 2.05) is 46.9 Å². The molecule has 0 radical (unpaired) electrons. The molecule has 0 bridgehead atoms. The maximum atomic E-state index is 13.5. The Morgan fingerprint density at radius 3 is 2.60 bits per heavy atom. The lowest BCUT2D eigenvalue weighted by Gasteiger charge is -2.10. The first kappa shape index (κ1) is 14.9. The predicted octanol–water partition coefficient (Wildman–Crippen LogP) is 3.68. The summed E-state index contributed by atoms with van der Waals surface area (Å²) in [5.41, 5.74) is 8.24. The van der Waals surface area contributed by atoms with Crippen LogP contribution in [0.3, 0.4) is 0 Å². The number of rotatable bonds is 5. The van der Waals surface area contributed by atoms with Gasteiger partial charge in [0.2, 0.25) is 0 Å². The van der Waals surface area contributed by atoms with E-state index in [0.29, 0.717) is 21.5 Å². The van der Waals surface area contributed by atoms with Gasteiger partial charge in [-0.15, -0.1) is 0 Å². The van der Waals surface area contributed by atoms with Crippen LogP contribution in [0.1, 0.15) is 5.56 Å². The molecule has 0 aromatic heterocycles. The summed E-state index contributed by atoms with van der Waals surface area (Å²) in [5, 5.41) is 3.16. The van der Waals surface area contributed by atoms with E-state index in [2.05, 4.69) is 5.32 Å². The van der Waals surface area contributed by atoms with Gasteiger partial charge in [0.15, 0.2) is 0 Å². The summed E-state index contributed by atoms with van der Waals surface area (Å²) < 4.78 is 19.1. The molecule has 0 aliphatic rings. The van der Waals surface area contributed by atoms with Crippen molar-refractivity contribution in [1.82, 2.24) is 0 Å². The average Bonchev–Trinajstić information content (AvgIpc) is 2.45. The van der Waals surface area contributed by atoms with Gasteiger partial charge in [0.1, 0.15) is 11.6 Å². The first-order valence-electron chi connectivity index (χ1n) is 6.21. The second-order valence-corrected chi connectivity index (χ2v) is 5.54. The molecule has 0 saturated heterocycles. The molecule has 0 fully saturated rings. The average molecular weight is 386 g/mol. The number of nitrogens with one attached hydrogen (secondary N) is 1. The fourth-order valence-electron chi connectivity index (χ4n) is 1.85. The molecule has 0 unspecified atom stereocenters. The number of hydrogen-bond donors (Lipinski definition) is 2. The predicted molar refractivity (Wildman–Crippen MR) is 88.7 cm³/mol. The minimum absolute atomic E-state index is 0.258. The van der Waals surface area contributed by atoms with Gasteiger partial charge in [-0.1, -0.05) is 12.1 Å². The Hall–Kier alpha value is -1.50. The molecule has 3 nitrogen and oxygen atoms in total. The van der Waals surface area contributed by atoms with Crippen LogP contribution in [0.15, 0.2) is 36.4 Å². The van der Waals surface area contributed by atoms with Gasteiger partial charge in [-0.2, -0.15) is 0 Å². The highest BCUT2D eigenvalue weighted by atomic mass is 127. The summed E-state index contributed by atoms with van der Waals surface area (Å²) in [6.07, 6.45) is 0.830. The first-order valence-corrected chi connectivity index (χ1v) is 7.29. The van der Waals surface area contributed by atoms with Crippen molar-refractivity contribution in [3.05, 3.63) is 51.3 Å². The van der Waals surface area contributed by atoms with Gasteiger partial charge in [-0.25, -0.2) is 4.39 Å². The molecule has 2 aromatic rings. The molecular formula is C15H16FIN2O. The number of benzene rings is 2. The van der Waals surface area contributed by atoms with Gasteiger partial charge in [-0.3, -0.25) is 0 Å². The van der Waals surface area contributed by atoms with Gasteiger partial charge in [0.25, 0.3) is 0 Å². The number of halogens is 2. The molecule has 2 rings (SSSR count). The lowest BCUT2D eigenvalue weighted by Crippen LogP contribution is -2.07. The number of nitrogens with two attached hydrogens (primary N) is 1. The van der Waals surface area contributed by atoms with Crippen LogP contribution >= 0.6 is 22.6 Å². The summed E-state index contributed by atoms with van der Waals surface area (Å²) in [6.45, 7) is 0.691. The highest BCUT2D eigenvalue weighted by molar-refractivity contribution is 14.1. The van der Waals surface area contributed by atoms with Crippen LogP contribution in [-0.2, 0) is 6.42 Å². The molecule has 0 heterocycles. The van der Waals surface area contributed by atoms with E-state index in [9.17, 15) is 4.39 Å². The van der Waals surface area contributed by atoms with E-state index < -0.39 is 0 Å². The van der Waals surface area contributed by atoms with E-state index in [-0.39, 0.29) is 5.82 Å². The van der Waals surface area contributed by atoms with Crippen molar-refractivity contribution in [2.24, 2.45) is 0 Å². The number of ether oxygens (including phenoxy) is 1. The van der Waals surface area contributed by atoms with Gasteiger partial charge in [-0.05, 0) is 52.8 Å². The van der Waals surface area contributed by atoms with Gasteiger partial charge >= 0.3 is 0 Å². The number of hydrogen-bond acceptors (Lipinski definition) is 3. The summed E-state index contributed by atoms with van der Waals surface area (Å²) >= 11 is 1.93. The zero-order valence-corrected chi connectivity index (χ0v) is 13.3. The molecular weight excluding hydrogens is 370 g/mol. The van der Waals surface area contributed by atoms with Crippen LogP contribution in [0, 0.1) is 9.39 Å². The van der Waals surface area contributed by atoms with Crippen molar-refractivity contribution in [2.75, 3.05) is 24.7 Å². The fourth-order valence-corrected chi connectivity index (χ4v) is 2.34. The van der Waals surface area contributed by atoms with Gasteiger partial charge in [0, 0.05) is 12.6 Å². The number of anilines is 2. The fraction of sp³-hybridized carbons (Fsp3) is 0.200. The molecule has 0 aliphatic carbocycles. The minimum atomic E-state index is -0.258. The summed E-state index contributed by atoms with van der Waals surface area (Å²) in [5.74, 6) is 0.581. The van der Waals surface area contributed by atoms with Crippen LogP contribution in [0.25, 0.3) is 0 Å². The smallest absolute Gasteiger partial charge is 0.138 e. The van der Waals surface area contributed by atoms with Crippen molar-refractivity contribution in [1.29, 1.82) is 0 Å². The zero-order chi connectivity index (χ0) is 14.5. The molecule has 0 amide bonds. The summed E-state index contributed by atoms with van der Waals surface area (Å²) in [6, 6.07) is 10.9. The maximum absolute atomic E-state index is 13.5. The normalized spacial score (nSPS) is 10.3. The first-order chi connectivity index (χ1) is 9.60. The molecule has 106 valence electrons. The molecule has 0 spiro atoms. The van der Waals surface area contributed by atoms with E-state index in [4.69, 9.17) is 10.5 Å². The van der Waals surface area contributed by atoms with Gasteiger partial charge in [0.05, 0.1) is 22.1 Å². The van der Waals surface area contributed by atoms with Gasteiger partial charge < -0.3 is 15.8 Å². The van der Waals surface area contributed by atoms with Crippen molar-refractivity contribution in [3.8, 4) is 5.75 Å². The van der Waals surface area contributed by atoms with E-state index in [0.717, 1.165) is 12.2 Å². The van der Waals surface area contributed by atoms with Crippen molar-refractivity contribution >= 4 is 34.0 Å². The van der Waals surface area contributed by atoms with E-state index >= 15 is 0 Å². The molecule has 20 heavy (non-hydrogen) atoms. The molecule has 5 heteroatoms. The van der Waals surface area contributed by atoms with E-state index in [1.54, 1.807) is 13.2 Å². The Morgan fingerprint density at radius 2 is 1.95 bits per heavy atom. The number of methoxy groups -OCH3 is 1. The van der Waals surface area contributed by atoms with Crippen LogP contribution < -0.4 is 15.8 Å². The highest BCUT2D eigenvalue weighted by Crippen LogP contribution is 2.24. The molecule has 0 saturated carbocycles. The van der Waals surface area contributed by atoms with Crippen molar-refractivity contribution in [3.63, 3.8) is 0 Å². The SMILES string of the molecule is COc1ccc(CCNc2cc(F)c(I)cc2N)cc1. The zero-order valence-electron chi connectivity index (χ0n) is 11.1. The van der Waals surface area contributed by atoms with Crippen LogP contribution in [0.2, 0.25) is 0 Å². The van der Waals surface area contributed by atoms with Crippen LogP contribution in [0.4, 0.5) is 15.8 Å². The monoisotopic (exact) mass is 386 g/mol. The number of nitrogen functional groups attached to an aromatic ring is 1.